The van der Waals surface area contributed by atoms with E-state index in [0.717, 1.165) is 16.7 Å². The van der Waals surface area contributed by atoms with Crippen LogP contribution in [-0.2, 0) is 10.8 Å². The minimum atomic E-state index is -0.426. The van der Waals surface area contributed by atoms with Crippen molar-refractivity contribution in [3.8, 4) is 5.75 Å². The van der Waals surface area contributed by atoms with Crippen molar-refractivity contribution >= 4 is 17.6 Å². The quantitative estimate of drug-likeness (QED) is 0.454. The normalized spacial score (nSPS) is 12.2. The predicted octanol–water partition coefficient (Wildman–Crippen LogP) is 6.46. The molecule has 0 saturated carbocycles. The van der Waals surface area contributed by atoms with Gasteiger partial charge in [-0.25, -0.2) is 4.79 Å². The Bertz CT molecular complexity index is 757. The molecule has 0 atom stereocenters. The summed E-state index contributed by atoms with van der Waals surface area (Å²) in [5.74, 6) is 0.223. The fourth-order valence-corrected chi connectivity index (χ4v) is 2.98. The van der Waals surface area contributed by atoms with Crippen LogP contribution in [0.1, 0.15) is 68.6 Å². The number of carbonyl (C=O) groups excluding carboxylic acids is 1. The highest BCUT2D eigenvalue weighted by Crippen LogP contribution is 2.41. The maximum Gasteiger partial charge on any atom is 0.345 e. The predicted molar refractivity (Wildman–Crippen MR) is 105 cm³/mol. The molecule has 0 aliphatic heterocycles. The van der Waals surface area contributed by atoms with E-state index >= 15 is 0 Å². The van der Waals surface area contributed by atoms with Crippen molar-refractivity contribution < 1.29 is 9.53 Å². The summed E-state index contributed by atoms with van der Waals surface area (Å²) in [5, 5.41) is 0.397. The minimum absolute atomic E-state index is 0.151. The molecular weight excluding hydrogens is 332 g/mol. The van der Waals surface area contributed by atoms with Crippen LogP contribution in [0, 0.1) is 6.92 Å². The molecule has 2 aromatic carbocycles. The van der Waals surface area contributed by atoms with Gasteiger partial charge >= 0.3 is 5.97 Å². The Morgan fingerprint density at radius 2 is 1.40 bits per heavy atom. The maximum absolute atomic E-state index is 12.8. The summed E-state index contributed by atoms with van der Waals surface area (Å²) in [4.78, 5) is 12.8. The number of hydrogen-bond acceptors (Lipinski definition) is 2. The van der Waals surface area contributed by atoms with E-state index in [2.05, 4.69) is 60.6 Å². The van der Waals surface area contributed by atoms with Crippen LogP contribution in [0.4, 0.5) is 0 Å². The average molecular weight is 359 g/mol. The van der Waals surface area contributed by atoms with Gasteiger partial charge in [0, 0.05) is 11.1 Å². The zero-order valence-corrected chi connectivity index (χ0v) is 16.9. The van der Waals surface area contributed by atoms with Gasteiger partial charge in [0.15, 0.2) is 0 Å². The van der Waals surface area contributed by atoms with Crippen molar-refractivity contribution in [2.45, 2.75) is 59.3 Å². The van der Waals surface area contributed by atoms with Gasteiger partial charge in [0.1, 0.15) is 5.75 Å². The van der Waals surface area contributed by atoms with Crippen LogP contribution in [0.3, 0.4) is 0 Å². The van der Waals surface area contributed by atoms with E-state index < -0.39 is 5.97 Å². The van der Waals surface area contributed by atoms with E-state index in [1.54, 1.807) is 24.3 Å². The largest absolute Gasteiger partial charge is 0.422 e. The van der Waals surface area contributed by atoms with Crippen LogP contribution in [0.2, 0.25) is 5.02 Å². The third kappa shape index (κ3) is 4.43. The smallest absolute Gasteiger partial charge is 0.345 e. The Hall–Kier alpha value is -1.80. The van der Waals surface area contributed by atoms with Crippen molar-refractivity contribution in [1.82, 2.24) is 0 Å². The first kappa shape index (κ1) is 19.5. The highest BCUT2D eigenvalue weighted by Gasteiger charge is 2.29. The van der Waals surface area contributed by atoms with Crippen molar-refractivity contribution in [2.24, 2.45) is 0 Å². The lowest BCUT2D eigenvalue weighted by Gasteiger charge is -2.29. The van der Waals surface area contributed by atoms with Gasteiger partial charge in [-0.05, 0) is 29.9 Å². The third-order valence-corrected chi connectivity index (χ3v) is 4.47. The molecule has 25 heavy (non-hydrogen) atoms. The second kappa shape index (κ2) is 6.84. The molecule has 0 aliphatic carbocycles. The minimum Gasteiger partial charge on any atom is -0.422 e. The van der Waals surface area contributed by atoms with Crippen molar-refractivity contribution in [1.29, 1.82) is 0 Å². The Balaban J connectivity index is 2.62. The number of hydrogen-bond donors (Lipinski definition) is 0. The second-order valence-electron chi connectivity index (χ2n) is 8.56. The van der Waals surface area contributed by atoms with Crippen LogP contribution in [0.5, 0.6) is 5.75 Å². The van der Waals surface area contributed by atoms with Crippen LogP contribution in [0.25, 0.3) is 0 Å². The summed E-state index contributed by atoms with van der Waals surface area (Å²) in [6, 6.07) is 11.2. The monoisotopic (exact) mass is 358 g/mol. The zero-order valence-electron chi connectivity index (χ0n) is 16.2. The van der Waals surface area contributed by atoms with E-state index in [-0.39, 0.29) is 10.8 Å². The number of aryl methyl sites for hydroxylation is 1. The van der Waals surface area contributed by atoms with Crippen molar-refractivity contribution in [2.75, 3.05) is 0 Å². The summed E-state index contributed by atoms with van der Waals surface area (Å²) < 4.78 is 5.93. The standard InChI is InChI=1S/C22H27ClO2/c1-14-12-16(21(2,3)4)19(17(13-14)22(5,6)7)25-20(24)15-10-8-9-11-18(15)23/h8-13H,1-7H3. The lowest BCUT2D eigenvalue weighted by molar-refractivity contribution is 0.0729. The SMILES string of the molecule is Cc1cc(C(C)(C)C)c(OC(=O)c2ccccc2Cl)c(C(C)(C)C)c1. The van der Waals surface area contributed by atoms with Gasteiger partial charge in [-0.15, -0.1) is 0 Å². The number of benzene rings is 2. The molecule has 3 heteroatoms. The highest BCUT2D eigenvalue weighted by atomic mass is 35.5. The molecule has 0 radical (unpaired) electrons. The first-order chi connectivity index (χ1) is 11.4. The van der Waals surface area contributed by atoms with E-state index in [4.69, 9.17) is 16.3 Å². The van der Waals surface area contributed by atoms with Gasteiger partial charge in [0.05, 0.1) is 10.6 Å². The molecule has 0 aromatic heterocycles. The van der Waals surface area contributed by atoms with Gasteiger partial charge < -0.3 is 4.74 Å². The molecule has 0 aliphatic rings. The topological polar surface area (TPSA) is 26.3 Å². The second-order valence-corrected chi connectivity index (χ2v) is 8.97. The Labute approximate surface area is 156 Å². The molecular formula is C22H27ClO2. The zero-order chi connectivity index (χ0) is 19.0. The molecule has 0 saturated heterocycles. The number of esters is 1. The fraction of sp³-hybridized carbons (Fsp3) is 0.409. The van der Waals surface area contributed by atoms with Crippen LogP contribution in [-0.4, -0.2) is 5.97 Å². The third-order valence-electron chi connectivity index (χ3n) is 4.14. The molecule has 0 fully saturated rings. The van der Waals surface area contributed by atoms with E-state index in [0.29, 0.717) is 16.3 Å². The molecule has 0 N–H and O–H groups in total. The van der Waals surface area contributed by atoms with Crippen LogP contribution >= 0.6 is 11.6 Å². The Morgan fingerprint density at radius 1 is 0.920 bits per heavy atom. The van der Waals surface area contributed by atoms with Crippen molar-refractivity contribution in [3.63, 3.8) is 0 Å². The lowest BCUT2D eigenvalue weighted by Crippen LogP contribution is -2.22. The first-order valence-electron chi connectivity index (χ1n) is 8.53. The van der Waals surface area contributed by atoms with E-state index in [1.807, 2.05) is 0 Å². The first-order valence-corrected chi connectivity index (χ1v) is 8.91. The molecule has 134 valence electrons. The summed E-state index contributed by atoms with van der Waals surface area (Å²) in [5.41, 5.74) is 3.29. The molecule has 2 rings (SSSR count). The molecule has 0 spiro atoms. The fourth-order valence-electron chi connectivity index (χ4n) is 2.77. The number of ether oxygens (including phenoxy) is 1. The highest BCUT2D eigenvalue weighted by molar-refractivity contribution is 6.33. The van der Waals surface area contributed by atoms with Crippen molar-refractivity contribution in [3.05, 3.63) is 63.7 Å². The maximum atomic E-state index is 12.8. The average Bonchev–Trinajstić information content (AvgIpc) is 2.46. The Kier molecular flexibility index (Phi) is 5.34. The molecule has 0 amide bonds. The van der Waals surface area contributed by atoms with Gasteiger partial charge in [-0.1, -0.05) is 83.0 Å². The number of carbonyl (C=O) groups is 1. The molecule has 0 bridgehead atoms. The summed E-state index contributed by atoms with van der Waals surface area (Å²) in [7, 11) is 0. The summed E-state index contributed by atoms with van der Waals surface area (Å²) in [6.07, 6.45) is 0. The molecule has 2 aromatic rings. The van der Waals surface area contributed by atoms with Crippen LogP contribution < -0.4 is 4.74 Å². The number of halogens is 1. The summed E-state index contributed by atoms with van der Waals surface area (Å²) in [6.45, 7) is 14.8. The molecule has 0 heterocycles. The van der Waals surface area contributed by atoms with Gasteiger partial charge in [0.25, 0.3) is 0 Å². The Morgan fingerprint density at radius 3 is 1.84 bits per heavy atom. The van der Waals surface area contributed by atoms with Gasteiger partial charge in [-0.3, -0.25) is 0 Å². The number of rotatable bonds is 2. The van der Waals surface area contributed by atoms with Gasteiger partial charge in [0.2, 0.25) is 0 Å². The summed E-state index contributed by atoms with van der Waals surface area (Å²) >= 11 is 6.17. The van der Waals surface area contributed by atoms with Gasteiger partial charge in [-0.2, -0.15) is 0 Å². The van der Waals surface area contributed by atoms with E-state index in [9.17, 15) is 4.79 Å². The molecule has 2 nitrogen and oxygen atoms in total. The van der Waals surface area contributed by atoms with Crippen LogP contribution in [0.15, 0.2) is 36.4 Å². The lowest BCUT2D eigenvalue weighted by atomic mass is 9.78. The molecule has 0 unspecified atom stereocenters. The van der Waals surface area contributed by atoms with E-state index in [1.165, 1.54) is 0 Å².